The fourth-order valence-electron chi connectivity index (χ4n) is 4.81. The number of benzene rings is 4. The van der Waals surface area contributed by atoms with Crippen LogP contribution in [-0.4, -0.2) is 50.3 Å². The first-order valence-electron chi connectivity index (χ1n) is 13.9. The van der Waals surface area contributed by atoms with Crippen molar-refractivity contribution in [2.45, 2.75) is 30.9 Å². The summed E-state index contributed by atoms with van der Waals surface area (Å²) >= 11 is 3.35. The van der Waals surface area contributed by atoms with Crippen molar-refractivity contribution in [1.82, 2.24) is 9.62 Å². The van der Waals surface area contributed by atoms with E-state index in [1.54, 1.807) is 36.4 Å². The van der Waals surface area contributed by atoms with Gasteiger partial charge in [0.15, 0.2) is 6.10 Å². The van der Waals surface area contributed by atoms with E-state index >= 15 is 0 Å². The monoisotopic (exact) mass is 661 g/mol. The maximum absolute atomic E-state index is 13.9. The van der Waals surface area contributed by atoms with Gasteiger partial charge in [-0.25, -0.2) is 8.42 Å². The fraction of sp³-hybridized carbons (Fsp3) is 0.212. The average molecular weight is 663 g/mol. The van der Waals surface area contributed by atoms with Gasteiger partial charge in [-0.15, -0.1) is 0 Å². The first-order valence-corrected chi connectivity index (χ1v) is 16.1. The minimum atomic E-state index is -4.05. The van der Waals surface area contributed by atoms with Crippen LogP contribution >= 0.6 is 15.9 Å². The highest BCUT2D eigenvalue weighted by Crippen LogP contribution is 2.34. The van der Waals surface area contributed by atoms with Crippen LogP contribution in [0.25, 0.3) is 0 Å². The minimum absolute atomic E-state index is 0.000194. The number of sulfonamides is 1. The van der Waals surface area contributed by atoms with E-state index in [1.807, 2.05) is 61.5 Å². The molecule has 1 N–H and O–H groups in total. The van der Waals surface area contributed by atoms with E-state index in [1.165, 1.54) is 21.3 Å². The second-order valence-corrected chi connectivity index (χ2v) is 13.2. The molecule has 0 bridgehead atoms. The molecule has 4 aromatic rings. The molecule has 1 aliphatic rings. The zero-order valence-electron chi connectivity index (χ0n) is 23.6. The van der Waals surface area contributed by atoms with Crippen molar-refractivity contribution in [3.8, 4) is 5.75 Å². The molecule has 0 spiro atoms. The van der Waals surface area contributed by atoms with Gasteiger partial charge in [0, 0.05) is 17.6 Å². The molecule has 0 aromatic heterocycles. The average Bonchev–Trinajstić information content (AvgIpc) is 3.01. The van der Waals surface area contributed by atoms with Gasteiger partial charge in [0.2, 0.25) is 15.9 Å². The Balaban J connectivity index is 1.37. The molecule has 0 saturated heterocycles. The highest BCUT2D eigenvalue weighted by atomic mass is 79.9. The van der Waals surface area contributed by atoms with Crippen molar-refractivity contribution >= 4 is 43.5 Å². The molecule has 5 rings (SSSR count). The van der Waals surface area contributed by atoms with E-state index in [0.29, 0.717) is 24.4 Å². The van der Waals surface area contributed by atoms with Crippen LogP contribution in [0.1, 0.15) is 16.7 Å². The number of fused-ring (bicyclic) bond motifs is 1. The predicted molar refractivity (Wildman–Crippen MR) is 169 cm³/mol. The summed E-state index contributed by atoms with van der Waals surface area (Å²) in [4.78, 5) is 28.6. The van der Waals surface area contributed by atoms with E-state index in [4.69, 9.17) is 4.74 Å². The van der Waals surface area contributed by atoms with E-state index < -0.39 is 28.6 Å². The zero-order chi connectivity index (χ0) is 30.4. The van der Waals surface area contributed by atoms with Crippen LogP contribution < -0.4 is 15.0 Å². The molecule has 10 heteroatoms. The second kappa shape index (κ2) is 13.5. The van der Waals surface area contributed by atoms with E-state index in [0.717, 1.165) is 21.2 Å². The summed E-state index contributed by atoms with van der Waals surface area (Å²) in [6, 6.07) is 30.6. The molecule has 0 aliphatic carbocycles. The molecule has 1 heterocycles. The largest absolute Gasteiger partial charge is 0.477 e. The molecule has 0 unspecified atom stereocenters. The number of halogens is 1. The third kappa shape index (κ3) is 7.51. The molecule has 0 saturated carbocycles. The van der Waals surface area contributed by atoms with Gasteiger partial charge in [0.05, 0.1) is 23.7 Å². The number of ether oxygens (including phenoxy) is 1. The van der Waals surface area contributed by atoms with Crippen molar-refractivity contribution in [2.75, 3.05) is 24.5 Å². The van der Waals surface area contributed by atoms with Crippen LogP contribution in [0, 0.1) is 6.92 Å². The number of nitrogens with one attached hydrogen (secondary N) is 1. The third-order valence-corrected chi connectivity index (χ3v) is 9.50. The van der Waals surface area contributed by atoms with Gasteiger partial charge in [-0.1, -0.05) is 88.2 Å². The number of hydrogen-bond donors (Lipinski definition) is 1. The highest BCUT2D eigenvalue weighted by Gasteiger charge is 2.36. The fourth-order valence-corrected chi connectivity index (χ4v) is 6.45. The van der Waals surface area contributed by atoms with Gasteiger partial charge in [-0.3, -0.25) is 9.59 Å². The Morgan fingerprint density at radius 2 is 1.58 bits per heavy atom. The second-order valence-electron chi connectivity index (χ2n) is 10.3. The molecule has 222 valence electrons. The van der Waals surface area contributed by atoms with Gasteiger partial charge in [0.25, 0.3) is 5.91 Å². The Bertz CT molecular complexity index is 1680. The number of carbonyl (C=O) groups excluding carboxylic acids is 2. The normalized spacial score (nSPS) is 14.6. The number of hydrogen-bond acceptors (Lipinski definition) is 5. The highest BCUT2D eigenvalue weighted by molar-refractivity contribution is 9.10. The lowest BCUT2D eigenvalue weighted by Crippen LogP contribution is -2.53. The summed E-state index contributed by atoms with van der Waals surface area (Å²) in [6.07, 6.45) is -0.302. The smallest absolute Gasteiger partial charge is 0.262 e. The summed E-state index contributed by atoms with van der Waals surface area (Å²) in [7, 11) is -4.05. The number of rotatable bonds is 10. The number of carbonyl (C=O) groups is 2. The molecular weight excluding hydrogens is 630 g/mol. The van der Waals surface area contributed by atoms with Gasteiger partial charge < -0.3 is 15.0 Å². The third-order valence-electron chi connectivity index (χ3n) is 7.17. The topological polar surface area (TPSA) is 96.0 Å². The minimum Gasteiger partial charge on any atom is -0.477 e. The molecule has 8 nitrogen and oxygen atoms in total. The first-order chi connectivity index (χ1) is 20.7. The van der Waals surface area contributed by atoms with Crippen LogP contribution in [0.2, 0.25) is 0 Å². The van der Waals surface area contributed by atoms with Gasteiger partial charge in [-0.2, -0.15) is 4.31 Å². The van der Waals surface area contributed by atoms with E-state index in [-0.39, 0.29) is 23.9 Å². The lowest BCUT2D eigenvalue weighted by Gasteiger charge is -2.35. The Labute approximate surface area is 260 Å². The number of para-hydroxylation sites is 2. The standard InChI is InChI=1S/C33H32BrN3O5S/c1-24-11-13-26(14-12-24)21-36(43(40,41)28-17-15-27(34)16-18-28)23-32(38)37-22-31(42-30-10-6-5-9-29(30)37)33(39)35-20-19-25-7-3-2-4-8-25/h2-18,31H,19-23H2,1H3,(H,35,39)/t31-/m1/s1. The summed E-state index contributed by atoms with van der Waals surface area (Å²) in [5.41, 5.74) is 3.37. The molecule has 0 fully saturated rings. The van der Waals surface area contributed by atoms with Crippen molar-refractivity contribution in [2.24, 2.45) is 0 Å². The zero-order valence-corrected chi connectivity index (χ0v) is 26.1. The van der Waals surface area contributed by atoms with Crippen molar-refractivity contribution in [1.29, 1.82) is 0 Å². The van der Waals surface area contributed by atoms with Crippen LogP contribution in [0.4, 0.5) is 5.69 Å². The first kappa shape index (κ1) is 30.5. The summed E-state index contributed by atoms with van der Waals surface area (Å²) in [5.74, 6) is -0.431. The van der Waals surface area contributed by atoms with Gasteiger partial charge in [-0.05, 0) is 60.9 Å². The van der Waals surface area contributed by atoms with Crippen molar-refractivity contribution in [3.63, 3.8) is 0 Å². The lowest BCUT2D eigenvalue weighted by molar-refractivity contribution is -0.128. The maximum atomic E-state index is 13.9. The van der Waals surface area contributed by atoms with Crippen LogP contribution in [0.5, 0.6) is 5.75 Å². The van der Waals surface area contributed by atoms with Crippen LogP contribution in [0.15, 0.2) is 112 Å². The maximum Gasteiger partial charge on any atom is 0.262 e. The van der Waals surface area contributed by atoms with Crippen molar-refractivity contribution in [3.05, 3.63) is 124 Å². The van der Waals surface area contributed by atoms with Gasteiger partial charge in [0.1, 0.15) is 5.75 Å². The summed E-state index contributed by atoms with van der Waals surface area (Å²) in [6.45, 7) is 1.88. The Kier molecular flexibility index (Phi) is 9.59. The number of nitrogens with zero attached hydrogens (tertiary/aromatic N) is 2. The lowest BCUT2D eigenvalue weighted by atomic mass is 10.1. The molecule has 43 heavy (non-hydrogen) atoms. The van der Waals surface area contributed by atoms with Crippen molar-refractivity contribution < 1.29 is 22.7 Å². The Morgan fingerprint density at radius 1 is 0.907 bits per heavy atom. The van der Waals surface area contributed by atoms with Crippen LogP contribution in [0.3, 0.4) is 0 Å². The predicted octanol–water partition coefficient (Wildman–Crippen LogP) is 5.10. The molecule has 1 atom stereocenters. The van der Waals surface area contributed by atoms with Gasteiger partial charge >= 0.3 is 0 Å². The number of amides is 2. The molecular formula is C33H32BrN3O5S. The molecule has 2 amide bonds. The van der Waals surface area contributed by atoms with E-state index in [9.17, 15) is 18.0 Å². The van der Waals surface area contributed by atoms with Crippen LogP contribution in [-0.2, 0) is 32.6 Å². The Morgan fingerprint density at radius 3 is 2.30 bits per heavy atom. The SMILES string of the molecule is Cc1ccc(CN(CC(=O)N2C[C@H](C(=O)NCCc3ccccc3)Oc3ccccc32)S(=O)(=O)c2ccc(Br)cc2)cc1. The summed E-state index contributed by atoms with van der Waals surface area (Å²) in [5, 5.41) is 2.91. The summed E-state index contributed by atoms with van der Waals surface area (Å²) < 4.78 is 35.6. The number of aryl methyl sites for hydroxylation is 1. The quantitative estimate of drug-likeness (QED) is 0.255. The Hall–Kier alpha value is -3.99. The number of anilines is 1. The molecule has 0 radical (unpaired) electrons. The van der Waals surface area contributed by atoms with E-state index in [2.05, 4.69) is 21.2 Å². The molecule has 1 aliphatic heterocycles. The molecule has 4 aromatic carbocycles.